The van der Waals surface area contributed by atoms with Crippen LogP contribution in [-0.2, 0) is 4.74 Å². The third kappa shape index (κ3) is 3.41. The summed E-state index contributed by atoms with van der Waals surface area (Å²) in [5.41, 5.74) is 0.348. The Morgan fingerprint density at radius 1 is 1.47 bits per heavy atom. The van der Waals surface area contributed by atoms with Gasteiger partial charge >= 0.3 is 0 Å². The van der Waals surface area contributed by atoms with Gasteiger partial charge in [0.2, 0.25) is 0 Å². The lowest BCUT2D eigenvalue weighted by atomic mass is 10.1. The summed E-state index contributed by atoms with van der Waals surface area (Å²) in [4.78, 5) is 13.1. The Hall–Kier alpha value is -1.69. The summed E-state index contributed by atoms with van der Waals surface area (Å²) in [5.74, 6) is 0.518. The second-order valence-corrected chi connectivity index (χ2v) is 4.99. The average Bonchev–Trinajstić information content (AvgIpc) is 2.92. The first kappa shape index (κ1) is 13.7. The zero-order chi connectivity index (χ0) is 13.8. The van der Waals surface area contributed by atoms with Crippen LogP contribution in [0.5, 0.6) is 0 Å². The maximum absolute atomic E-state index is 11.7. The maximum Gasteiger partial charge on any atom is 0.273 e. The minimum atomic E-state index is -0.147. The molecule has 1 aliphatic heterocycles. The van der Waals surface area contributed by atoms with E-state index in [0.717, 1.165) is 19.4 Å². The molecule has 1 N–H and O–H groups in total. The molecule has 1 fully saturated rings. The van der Waals surface area contributed by atoms with Gasteiger partial charge in [0.05, 0.1) is 12.1 Å². The van der Waals surface area contributed by atoms with Gasteiger partial charge in [0, 0.05) is 20.7 Å². The maximum atomic E-state index is 11.7. The van der Waals surface area contributed by atoms with Crippen molar-refractivity contribution in [2.45, 2.75) is 31.9 Å². The average molecular weight is 264 g/mol. The number of hydrogen-bond donors (Lipinski definition) is 1. The van der Waals surface area contributed by atoms with E-state index in [1.54, 1.807) is 26.2 Å². The van der Waals surface area contributed by atoms with Crippen molar-refractivity contribution in [2.24, 2.45) is 0 Å². The molecule has 1 aromatic rings. The Labute approximate surface area is 113 Å². The molecule has 6 heteroatoms. The lowest BCUT2D eigenvalue weighted by Gasteiger charge is -2.20. The minimum Gasteiger partial charge on any atom is -0.376 e. The van der Waals surface area contributed by atoms with Crippen molar-refractivity contribution in [3.05, 3.63) is 17.8 Å². The Kier molecular flexibility index (Phi) is 4.31. The quantitative estimate of drug-likeness (QED) is 0.884. The number of nitrogens with zero attached hydrogens (tertiary/aromatic N) is 3. The topological polar surface area (TPSA) is 67.4 Å². The van der Waals surface area contributed by atoms with E-state index in [4.69, 9.17) is 4.74 Å². The summed E-state index contributed by atoms with van der Waals surface area (Å²) in [6.07, 6.45) is 2.40. The molecule has 2 atom stereocenters. The number of hydrogen-bond acceptors (Lipinski definition) is 5. The Morgan fingerprint density at radius 3 is 2.79 bits per heavy atom. The van der Waals surface area contributed by atoms with Crippen LogP contribution in [-0.4, -0.2) is 53.9 Å². The number of anilines is 1. The number of amides is 1. The molecule has 2 rings (SSSR count). The fourth-order valence-electron chi connectivity index (χ4n) is 2.08. The molecule has 19 heavy (non-hydrogen) atoms. The van der Waals surface area contributed by atoms with Crippen molar-refractivity contribution >= 4 is 11.7 Å². The second kappa shape index (κ2) is 5.97. The molecule has 0 aromatic carbocycles. The molecular formula is C13H20N4O2. The van der Waals surface area contributed by atoms with E-state index in [-0.39, 0.29) is 18.1 Å². The fourth-order valence-corrected chi connectivity index (χ4v) is 2.08. The highest BCUT2D eigenvalue weighted by molar-refractivity contribution is 5.91. The molecule has 1 aliphatic rings. The molecule has 6 nitrogen and oxygen atoms in total. The van der Waals surface area contributed by atoms with Crippen molar-refractivity contribution in [3.8, 4) is 0 Å². The van der Waals surface area contributed by atoms with Crippen LogP contribution in [0.15, 0.2) is 12.1 Å². The highest BCUT2D eigenvalue weighted by Crippen LogP contribution is 2.18. The highest BCUT2D eigenvalue weighted by atomic mass is 16.5. The van der Waals surface area contributed by atoms with Crippen molar-refractivity contribution in [3.63, 3.8) is 0 Å². The number of carbonyl (C=O) groups excluding carboxylic acids is 1. The molecule has 1 saturated heterocycles. The molecule has 0 bridgehead atoms. The third-order valence-electron chi connectivity index (χ3n) is 3.19. The standard InChI is InChI=1S/C13H20N4O2/c1-9(11-5-4-8-19-11)14-12-7-6-10(15-16-12)13(18)17(2)3/h6-7,9,11H,4-5,8H2,1-3H3,(H,14,16). The summed E-state index contributed by atoms with van der Waals surface area (Å²) in [6, 6.07) is 3.64. The smallest absolute Gasteiger partial charge is 0.273 e. The van der Waals surface area contributed by atoms with Gasteiger partial charge in [-0.2, -0.15) is 0 Å². The molecule has 0 saturated carbocycles. The SMILES string of the molecule is CC(Nc1ccc(C(=O)N(C)C)nn1)C1CCCO1. The summed E-state index contributed by atoms with van der Waals surface area (Å²) in [6.45, 7) is 2.90. The van der Waals surface area contributed by atoms with E-state index in [0.29, 0.717) is 11.5 Å². The lowest BCUT2D eigenvalue weighted by molar-refractivity contribution is 0.0820. The van der Waals surface area contributed by atoms with Gasteiger partial charge in [-0.15, -0.1) is 10.2 Å². The molecule has 104 valence electrons. The van der Waals surface area contributed by atoms with Gasteiger partial charge in [0.1, 0.15) is 5.82 Å². The number of rotatable bonds is 4. The molecule has 0 aliphatic carbocycles. The van der Waals surface area contributed by atoms with E-state index in [1.807, 2.05) is 0 Å². The summed E-state index contributed by atoms with van der Waals surface area (Å²) in [7, 11) is 3.38. The predicted molar refractivity (Wildman–Crippen MR) is 72.1 cm³/mol. The van der Waals surface area contributed by atoms with Crippen LogP contribution in [0, 0.1) is 0 Å². The Bertz CT molecular complexity index is 427. The summed E-state index contributed by atoms with van der Waals surface area (Å²) in [5, 5.41) is 11.2. The van der Waals surface area contributed by atoms with Crippen molar-refractivity contribution in [1.82, 2.24) is 15.1 Å². The van der Waals surface area contributed by atoms with E-state index in [1.165, 1.54) is 4.90 Å². The molecule has 2 unspecified atom stereocenters. The van der Waals surface area contributed by atoms with Crippen LogP contribution in [0.1, 0.15) is 30.3 Å². The normalized spacial score (nSPS) is 20.1. The van der Waals surface area contributed by atoms with Gasteiger partial charge in [-0.05, 0) is 31.9 Å². The van der Waals surface area contributed by atoms with Gasteiger partial charge in [-0.3, -0.25) is 4.79 Å². The number of nitrogens with one attached hydrogen (secondary N) is 1. The summed E-state index contributed by atoms with van der Waals surface area (Å²) >= 11 is 0. The minimum absolute atomic E-state index is 0.147. The Morgan fingerprint density at radius 2 is 2.26 bits per heavy atom. The van der Waals surface area contributed by atoms with Gasteiger partial charge < -0.3 is 15.0 Å². The van der Waals surface area contributed by atoms with Crippen LogP contribution in [0.3, 0.4) is 0 Å². The molecule has 1 amide bonds. The monoisotopic (exact) mass is 264 g/mol. The molecule has 0 spiro atoms. The van der Waals surface area contributed by atoms with Gasteiger partial charge in [-0.25, -0.2) is 0 Å². The highest BCUT2D eigenvalue weighted by Gasteiger charge is 2.22. The van der Waals surface area contributed by atoms with Crippen LogP contribution in [0.4, 0.5) is 5.82 Å². The third-order valence-corrected chi connectivity index (χ3v) is 3.19. The van der Waals surface area contributed by atoms with Crippen molar-refractivity contribution in [1.29, 1.82) is 0 Å². The van der Waals surface area contributed by atoms with Crippen LogP contribution in [0.25, 0.3) is 0 Å². The lowest BCUT2D eigenvalue weighted by Crippen LogP contribution is -2.30. The molecule has 0 radical (unpaired) electrons. The number of ether oxygens (including phenoxy) is 1. The van der Waals surface area contributed by atoms with Crippen LogP contribution in [0.2, 0.25) is 0 Å². The predicted octanol–water partition coefficient (Wildman–Crippen LogP) is 1.16. The van der Waals surface area contributed by atoms with Crippen LogP contribution >= 0.6 is 0 Å². The van der Waals surface area contributed by atoms with Gasteiger partial charge in [0.25, 0.3) is 5.91 Å². The van der Waals surface area contributed by atoms with Gasteiger partial charge in [-0.1, -0.05) is 0 Å². The van der Waals surface area contributed by atoms with Gasteiger partial charge in [0.15, 0.2) is 5.69 Å². The molecule has 1 aromatic heterocycles. The Balaban J connectivity index is 1.96. The number of carbonyl (C=O) groups is 1. The first-order chi connectivity index (χ1) is 9.08. The molecule has 2 heterocycles. The van der Waals surface area contributed by atoms with Crippen LogP contribution < -0.4 is 5.32 Å². The zero-order valence-corrected chi connectivity index (χ0v) is 11.6. The second-order valence-electron chi connectivity index (χ2n) is 4.99. The van der Waals surface area contributed by atoms with E-state index in [2.05, 4.69) is 22.4 Å². The fraction of sp³-hybridized carbons (Fsp3) is 0.615. The largest absolute Gasteiger partial charge is 0.376 e. The van der Waals surface area contributed by atoms with Crippen molar-refractivity contribution < 1.29 is 9.53 Å². The number of aromatic nitrogens is 2. The first-order valence-corrected chi connectivity index (χ1v) is 6.51. The van der Waals surface area contributed by atoms with E-state index in [9.17, 15) is 4.79 Å². The van der Waals surface area contributed by atoms with E-state index >= 15 is 0 Å². The van der Waals surface area contributed by atoms with Crippen molar-refractivity contribution in [2.75, 3.05) is 26.0 Å². The molecular weight excluding hydrogens is 244 g/mol. The summed E-state index contributed by atoms with van der Waals surface area (Å²) < 4.78 is 5.61. The zero-order valence-electron chi connectivity index (χ0n) is 11.6. The van der Waals surface area contributed by atoms with E-state index < -0.39 is 0 Å². The first-order valence-electron chi connectivity index (χ1n) is 6.51.